The summed E-state index contributed by atoms with van der Waals surface area (Å²) < 4.78 is 11.1. The van der Waals surface area contributed by atoms with Crippen LogP contribution in [0.5, 0.6) is 0 Å². The number of carbonyl (C=O) groups is 2. The molecule has 1 aliphatic rings. The number of primary amides is 1. The SMILES string of the molecule is Cc1oc2ccc(C3(c4ccccc4)COC3)cc2c1C(=O)[N+](C)(C)C(CO)C(N)=O. The van der Waals surface area contributed by atoms with Crippen molar-refractivity contribution in [1.82, 2.24) is 0 Å². The van der Waals surface area contributed by atoms with Crippen LogP contribution in [-0.2, 0) is 14.9 Å². The molecule has 1 unspecified atom stereocenters. The first-order valence-corrected chi connectivity index (χ1v) is 10.2. The van der Waals surface area contributed by atoms with Crippen LogP contribution in [0.1, 0.15) is 27.2 Å². The molecule has 3 aromatic rings. The first kappa shape index (κ1) is 21.2. The average Bonchev–Trinajstić information content (AvgIpc) is 3.02. The van der Waals surface area contributed by atoms with Crippen molar-refractivity contribution in [1.29, 1.82) is 0 Å². The van der Waals surface area contributed by atoms with E-state index in [1.54, 1.807) is 21.0 Å². The number of ether oxygens (including phenoxy) is 1. The van der Waals surface area contributed by atoms with Gasteiger partial charge in [0.1, 0.15) is 23.5 Å². The molecule has 1 fully saturated rings. The third-order valence-electron chi connectivity index (χ3n) is 6.46. The van der Waals surface area contributed by atoms with E-state index in [4.69, 9.17) is 14.9 Å². The minimum Gasteiger partial charge on any atom is -0.460 e. The first-order chi connectivity index (χ1) is 14.7. The van der Waals surface area contributed by atoms with Gasteiger partial charge in [-0.2, -0.15) is 0 Å². The van der Waals surface area contributed by atoms with E-state index >= 15 is 0 Å². The molecule has 3 N–H and O–H groups in total. The van der Waals surface area contributed by atoms with Crippen LogP contribution in [0.15, 0.2) is 52.9 Å². The molecule has 0 radical (unpaired) electrons. The number of hydrogen-bond acceptors (Lipinski definition) is 5. The molecule has 2 aromatic carbocycles. The summed E-state index contributed by atoms with van der Waals surface area (Å²) in [4.78, 5) is 25.4. The zero-order valence-electron chi connectivity index (χ0n) is 17.9. The maximum Gasteiger partial charge on any atom is 0.350 e. The van der Waals surface area contributed by atoms with Gasteiger partial charge in [0.2, 0.25) is 0 Å². The fourth-order valence-corrected chi connectivity index (χ4v) is 4.39. The lowest BCUT2D eigenvalue weighted by atomic mass is 9.72. The topological polar surface area (TPSA) is 103 Å². The molecule has 2 amide bonds. The van der Waals surface area contributed by atoms with E-state index in [2.05, 4.69) is 12.1 Å². The number of amides is 2. The Hall–Kier alpha value is -3.00. The van der Waals surface area contributed by atoms with Crippen molar-refractivity contribution in [3.63, 3.8) is 0 Å². The average molecular weight is 423 g/mol. The predicted molar refractivity (Wildman–Crippen MR) is 115 cm³/mol. The molecule has 2 heterocycles. The minimum absolute atomic E-state index is 0.286. The second-order valence-corrected chi connectivity index (χ2v) is 8.63. The number of rotatable bonds is 6. The van der Waals surface area contributed by atoms with Crippen molar-refractivity contribution in [2.75, 3.05) is 33.9 Å². The van der Waals surface area contributed by atoms with E-state index in [0.29, 0.717) is 35.5 Å². The number of aryl methyl sites for hydroxylation is 1. The Balaban J connectivity index is 1.84. The van der Waals surface area contributed by atoms with E-state index in [-0.39, 0.29) is 11.3 Å². The summed E-state index contributed by atoms with van der Waals surface area (Å²) in [5, 5.41) is 10.3. The van der Waals surface area contributed by atoms with Crippen molar-refractivity contribution in [2.45, 2.75) is 18.4 Å². The van der Waals surface area contributed by atoms with E-state index in [0.717, 1.165) is 11.1 Å². The van der Waals surface area contributed by atoms with E-state index in [9.17, 15) is 14.7 Å². The molecule has 1 aromatic heterocycles. The van der Waals surface area contributed by atoms with E-state index in [1.807, 2.05) is 36.4 Å². The molecule has 0 aliphatic carbocycles. The van der Waals surface area contributed by atoms with Gasteiger partial charge < -0.3 is 20.0 Å². The van der Waals surface area contributed by atoms with Crippen LogP contribution < -0.4 is 5.73 Å². The zero-order chi connectivity index (χ0) is 22.4. The minimum atomic E-state index is -1.06. The van der Waals surface area contributed by atoms with Crippen molar-refractivity contribution in [3.05, 3.63) is 71.0 Å². The Bertz CT molecular complexity index is 1150. The van der Waals surface area contributed by atoms with Crippen molar-refractivity contribution in [2.24, 2.45) is 5.73 Å². The number of nitrogens with zero attached hydrogens (tertiary/aromatic N) is 1. The van der Waals surface area contributed by atoms with Crippen LogP contribution in [-0.4, -0.2) is 61.4 Å². The monoisotopic (exact) mass is 423 g/mol. The third-order valence-corrected chi connectivity index (χ3v) is 6.46. The Morgan fingerprint density at radius 2 is 1.81 bits per heavy atom. The van der Waals surface area contributed by atoms with Crippen molar-refractivity contribution < 1.29 is 28.3 Å². The van der Waals surface area contributed by atoms with Gasteiger partial charge in [-0.25, -0.2) is 9.28 Å². The zero-order valence-corrected chi connectivity index (χ0v) is 17.9. The molecule has 1 aliphatic heterocycles. The molecule has 7 heteroatoms. The largest absolute Gasteiger partial charge is 0.460 e. The quantitative estimate of drug-likeness (QED) is 0.591. The van der Waals surface area contributed by atoms with Crippen LogP contribution in [0.3, 0.4) is 0 Å². The van der Waals surface area contributed by atoms with Gasteiger partial charge in [0.05, 0.1) is 32.7 Å². The van der Waals surface area contributed by atoms with Gasteiger partial charge in [-0.05, 0) is 30.2 Å². The van der Waals surface area contributed by atoms with Gasteiger partial charge in [-0.15, -0.1) is 0 Å². The summed E-state index contributed by atoms with van der Waals surface area (Å²) in [6.45, 7) is 2.31. The molecule has 0 spiro atoms. The molecule has 1 saturated heterocycles. The number of quaternary nitrogens is 1. The highest BCUT2D eigenvalue weighted by Gasteiger charge is 2.44. The molecule has 162 valence electrons. The highest BCUT2D eigenvalue weighted by Crippen LogP contribution is 2.41. The van der Waals surface area contributed by atoms with Crippen LogP contribution in [0.25, 0.3) is 11.0 Å². The summed E-state index contributed by atoms with van der Waals surface area (Å²) in [7, 11) is 3.14. The summed E-state index contributed by atoms with van der Waals surface area (Å²) in [5.74, 6) is -0.616. The lowest BCUT2D eigenvalue weighted by Crippen LogP contribution is -2.60. The van der Waals surface area contributed by atoms with Crippen LogP contribution >= 0.6 is 0 Å². The number of aliphatic hydroxyl groups excluding tert-OH is 1. The normalized spacial score (nSPS) is 16.6. The summed E-state index contributed by atoms with van der Waals surface area (Å²) in [6.07, 6.45) is 0. The summed E-state index contributed by atoms with van der Waals surface area (Å²) in [5.41, 5.74) is 8.33. The van der Waals surface area contributed by atoms with Gasteiger partial charge in [0, 0.05) is 5.39 Å². The maximum absolute atomic E-state index is 13.6. The molecule has 0 saturated carbocycles. The standard InChI is InChI=1S/C24H26N2O5/c1-15-21(23(29)26(2,3)19(12-27)22(25)28)18-11-17(9-10-20(18)31-15)24(13-30-14-24)16-7-5-4-6-8-16/h4-11,19,27H,12-14H2,1-3H3,(H-,25,28)/p+1. The molecule has 0 bridgehead atoms. The Labute approximate surface area is 180 Å². The molecule has 31 heavy (non-hydrogen) atoms. The smallest absolute Gasteiger partial charge is 0.350 e. The maximum atomic E-state index is 13.6. The van der Waals surface area contributed by atoms with Gasteiger partial charge in [-0.3, -0.25) is 4.79 Å². The third kappa shape index (κ3) is 3.26. The number of furan rings is 1. The lowest BCUT2D eigenvalue weighted by molar-refractivity contribution is -0.825. The van der Waals surface area contributed by atoms with Crippen LogP contribution in [0, 0.1) is 6.92 Å². The van der Waals surface area contributed by atoms with E-state index < -0.39 is 23.0 Å². The van der Waals surface area contributed by atoms with Crippen molar-refractivity contribution >= 4 is 22.8 Å². The summed E-state index contributed by atoms with van der Waals surface area (Å²) in [6, 6.07) is 14.9. The van der Waals surface area contributed by atoms with E-state index in [1.165, 1.54) is 0 Å². The molecule has 1 atom stereocenters. The highest BCUT2D eigenvalue weighted by atomic mass is 16.5. The predicted octanol–water partition coefficient (Wildman–Crippen LogP) is 2.12. The number of fused-ring (bicyclic) bond motifs is 1. The molecule has 7 nitrogen and oxygen atoms in total. The molecular weight excluding hydrogens is 396 g/mol. The van der Waals surface area contributed by atoms with Crippen LogP contribution in [0.2, 0.25) is 0 Å². The number of likely N-dealkylation sites (N-methyl/N-ethyl adjacent to an activating group) is 1. The first-order valence-electron chi connectivity index (χ1n) is 10.2. The Kier molecular flexibility index (Phi) is 5.21. The number of hydrogen-bond donors (Lipinski definition) is 2. The lowest BCUT2D eigenvalue weighted by Gasteiger charge is -2.42. The van der Waals surface area contributed by atoms with Gasteiger partial charge in [0.25, 0.3) is 5.91 Å². The highest BCUT2D eigenvalue weighted by molar-refractivity contribution is 6.05. The van der Waals surface area contributed by atoms with Crippen LogP contribution in [0.4, 0.5) is 0 Å². The fourth-order valence-electron chi connectivity index (χ4n) is 4.39. The number of benzene rings is 2. The number of aliphatic hydroxyl groups is 1. The number of nitrogens with two attached hydrogens (primary N) is 1. The Morgan fingerprint density at radius 3 is 2.35 bits per heavy atom. The second-order valence-electron chi connectivity index (χ2n) is 8.63. The Morgan fingerprint density at radius 1 is 1.13 bits per heavy atom. The number of carbonyl (C=O) groups excluding carboxylic acids is 2. The van der Waals surface area contributed by atoms with Gasteiger partial charge >= 0.3 is 5.91 Å². The van der Waals surface area contributed by atoms with Gasteiger partial charge in [-0.1, -0.05) is 36.4 Å². The second kappa shape index (κ2) is 7.60. The molecular formula is C24H27N2O5+. The van der Waals surface area contributed by atoms with Gasteiger partial charge in [0.15, 0.2) is 6.04 Å². The van der Waals surface area contributed by atoms with Crippen molar-refractivity contribution in [3.8, 4) is 0 Å². The molecule has 4 rings (SSSR count). The fraction of sp³-hybridized carbons (Fsp3) is 0.333. The summed E-state index contributed by atoms with van der Waals surface area (Å²) >= 11 is 0.